The number of hydrogen-bond donors (Lipinski definition) is 2. The molecule has 2 heterocycles. The lowest BCUT2D eigenvalue weighted by Gasteiger charge is -2.17. The summed E-state index contributed by atoms with van der Waals surface area (Å²) in [5.41, 5.74) is 3.37. The van der Waals surface area contributed by atoms with Crippen LogP contribution in [-0.2, 0) is 6.54 Å². The van der Waals surface area contributed by atoms with Crippen molar-refractivity contribution in [3.63, 3.8) is 0 Å². The first-order valence-corrected chi connectivity index (χ1v) is 9.67. The predicted octanol–water partition coefficient (Wildman–Crippen LogP) is 3.14. The quantitative estimate of drug-likeness (QED) is 0.662. The zero-order valence-corrected chi connectivity index (χ0v) is 15.1. The van der Waals surface area contributed by atoms with Crippen LogP contribution >= 0.6 is 0 Å². The molecule has 0 spiro atoms. The normalized spacial score (nSPS) is 23.3. The van der Waals surface area contributed by atoms with Gasteiger partial charge in [0.25, 0.3) is 5.91 Å². The second-order valence-corrected chi connectivity index (χ2v) is 7.72. The van der Waals surface area contributed by atoms with Gasteiger partial charge in [-0.3, -0.25) is 9.89 Å². The molecular formula is C21H23N5O. The van der Waals surface area contributed by atoms with Crippen molar-refractivity contribution in [1.82, 2.24) is 25.1 Å². The average Bonchev–Trinajstić information content (AvgIpc) is 3.47. The molecule has 1 aromatic carbocycles. The van der Waals surface area contributed by atoms with Crippen LogP contribution in [0.3, 0.4) is 0 Å². The van der Waals surface area contributed by atoms with Crippen LogP contribution in [0, 0.1) is 17.8 Å². The van der Waals surface area contributed by atoms with E-state index in [4.69, 9.17) is 0 Å². The molecule has 6 nitrogen and oxygen atoms in total. The van der Waals surface area contributed by atoms with E-state index in [1.807, 2.05) is 41.2 Å². The Kier molecular flexibility index (Phi) is 4.03. The zero-order valence-electron chi connectivity index (χ0n) is 15.1. The van der Waals surface area contributed by atoms with Gasteiger partial charge in [-0.05, 0) is 55.2 Å². The number of aromatic nitrogens is 4. The van der Waals surface area contributed by atoms with Crippen molar-refractivity contribution in [1.29, 1.82) is 0 Å². The van der Waals surface area contributed by atoms with Gasteiger partial charge in [-0.15, -0.1) is 0 Å². The van der Waals surface area contributed by atoms with Crippen LogP contribution in [0.25, 0.3) is 11.0 Å². The van der Waals surface area contributed by atoms with Crippen molar-refractivity contribution >= 4 is 16.9 Å². The summed E-state index contributed by atoms with van der Waals surface area (Å²) >= 11 is 0. The summed E-state index contributed by atoms with van der Waals surface area (Å²) in [6.07, 6.45) is 10.2. The van der Waals surface area contributed by atoms with Crippen LogP contribution in [0.2, 0.25) is 0 Å². The smallest absolute Gasteiger partial charge is 0.271 e. The molecule has 1 saturated carbocycles. The molecule has 5 rings (SSSR count). The number of hydrogen-bond acceptors (Lipinski definition) is 3. The summed E-state index contributed by atoms with van der Waals surface area (Å²) in [6.45, 7) is 1.33. The Hall–Kier alpha value is -2.89. The molecule has 2 aliphatic carbocycles. The number of nitrogens with one attached hydrogen (secondary N) is 2. The molecular weight excluding hydrogens is 338 g/mol. The van der Waals surface area contributed by atoms with Gasteiger partial charge in [-0.1, -0.05) is 24.3 Å². The minimum atomic E-state index is -0.105. The summed E-state index contributed by atoms with van der Waals surface area (Å²) in [5.74, 6) is 2.13. The van der Waals surface area contributed by atoms with E-state index >= 15 is 0 Å². The number of para-hydroxylation sites is 2. The number of imidazole rings is 1. The number of rotatable bonds is 6. The molecule has 2 bridgehead atoms. The molecule has 0 unspecified atom stereocenters. The highest BCUT2D eigenvalue weighted by Gasteiger charge is 2.34. The molecule has 0 saturated heterocycles. The summed E-state index contributed by atoms with van der Waals surface area (Å²) in [6, 6.07) is 9.83. The molecule has 2 aromatic heterocycles. The van der Waals surface area contributed by atoms with E-state index in [-0.39, 0.29) is 5.91 Å². The van der Waals surface area contributed by atoms with Crippen LogP contribution in [0.4, 0.5) is 0 Å². The lowest BCUT2D eigenvalue weighted by Crippen LogP contribution is -2.27. The lowest BCUT2D eigenvalue weighted by molar-refractivity contribution is 0.0945. The van der Waals surface area contributed by atoms with E-state index in [9.17, 15) is 4.79 Å². The molecule has 138 valence electrons. The van der Waals surface area contributed by atoms with E-state index in [0.717, 1.165) is 47.4 Å². The van der Waals surface area contributed by atoms with E-state index in [1.54, 1.807) is 0 Å². The van der Waals surface area contributed by atoms with Gasteiger partial charge in [0.1, 0.15) is 5.69 Å². The molecule has 3 atom stereocenters. The number of carbonyl (C=O) groups excluding carboxylic acids is 1. The van der Waals surface area contributed by atoms with Crippen LogP contribution < -0.4 is 5.32 Å². The monoisotopic (exact) mass is 361 g/mol. The Morgan fingerprint density at radius 3 is 3.04 bits per heavy atom. The standard InChI is InChI=1S/C21H23N5O/c27-21(22-8-7-16-10-14-5-6-15(16)9-14)19-11-17(24-25-19)12-26-13-23-18-3-1-2-4-20(18)26/h1-6,11,13-16H,7-10,12H2,(H,22,27)(H,24,25)/t14-,15+,16-/m1/s1. The molecule has 3 aromatic rings. The topological polar surface area (TPSA) is 75.6 Å². The van der Waals surface area contributed by atoms with Gasteiger partial charge in [0.05, 0.1) is 29.6 Å². The Labute approximate surface area is 157 Å². The Bertz CT molecular complexity index is 1000. The number of allylic oxidation sites excluding steroid dienone is 2. The van der Waals surface area contributed by atoms with E-state index in [2.05, 4.69) is 32.7 Å². The van der Waals surface area contributed by atoms with Gasteiger partial charge in [0.15, 0.2) is 0 Å². The number of benzene rings is 1. The molecule has 2 aliphatic rings. The van der Waals surface area contributed by atoms with Crippen molar-refractivity contribution in [3.8, 4) is 0 Å². The highest BCUT2D eigenvalue weighted by atomic mass is 16.1. The lowest BCUT2D eigenvalue weighted by atomic mass is 9.91. The maximum atomic E-state index is 12.4. The second kappa shape index (κ2) is 6.68. The van der Waals surface area contributed by atoms with Crippen molar-refractivity contribution in [2.75, 3.05) is 6.54 Å². The third-order valence-electron chi connectivity index (χ3n) is 5.95. The van der Waals surface area contributed by atoms with Gasteiger partial charge < -0.3 is 9.88 Å². The van der Waals surface area contributed by atoms with Crippen LogP contribution in [0.5, 0.6) is 0 Å². The molecule has 1 amide bonds. The Balaban J connectivity index is 1.17. The zero-order chi connectivity index (χ0) is 18.2. The number of carbonyl (C=O) groups is 1. The SMILES string of the molecule is O=C(NCC[C@@H]1C[C@@H]2C=C[C@H]1C2)c1cc(Cn2cnc3ccccc32)[nH]n1. The fourth-order valence-electron chi connectivity index (χ4n) is 4.57. The third kappa shape index (κ3) is 3.16. The van der Waals surface area contributed by atoms with Crippen molar-refractivity contribution < 1.29 is 4.79 Å². The van der Waals surface area contributed by atoms with E-state index < -0.39 is 0 Å². The molecule has 6 heteroatoms. The molecule has 2 N–H and O–H groups in total. The van der Waals surface area contributed by atoms with Crippen molar-refractivity contribution in [2.24, 2.45) is 17.8 Å². The van der Waals surface area contributed by atoms with E-state index in [0.29, 0.717) is 12.2 Å². The number of aromatic amines is 1. The first-order valence-electron chi connectivity index (χ1n) is 9.67. The summed E-state index contributed by atoms with van der Waals surface area (Å²) in [5, 5.41) is 10.2. The fraction of sp³-hybridized carbons (Fsp3) is 0.381. The average molecular weight is 361 g/mol. The van der Waals surface area contributed by atoms with Gasteiger partial charge in [-0.25, -0.2) is 4.98 Å². The number of H-pyrrole nitrogens is 1. The molecule has 1 fully saturated rings. The molecule has 27 heavy (non-hydrogen) atoms. The largest absolute Gasteiger partial charge is 0.351 e. The minimum absolute atomic E-state index is 0.105. The second-order valence-electron chi connectivity index (χ2n) is 7.72. The number of fused-ring (bicyclic) bond motifs is 3. The summed E-state index contributed by atoms with van der Waals surface area (Å²) < 4.78 is 2.05. The van der Waals surface area contributed by atoms with Gasteiger partial charge in [0, 0.05) is 6.54 Å². The Morgan fingerprint density at radius 2 is 2.19 bits per heavy atom. The van der Waals surface area contributed by atoms with Gasteiger partial charge in [-0.2, -0.15) is 5.10 Å². The highest BCUT2D eigenvalue weighted by Crippen LogP contribution is 2.44. The maximum Gasteiger partial charge on any atom is 0.271 e. The van der Waals surface area contributed by atoms with Crippen molar-refractivity contribution in [3.05, 3.63) is 60.2 Å². The van der Waals surface area contributed by atoms with Crippen molar-refractivity contribution in [2.45, 2.75) is 25.8 Å². The maximum absolute atomic E-state index is 12.4. The fourth-order valence-corrected chi connectivity index (χ4v) is 4.57. The number of nitrogens with zero attached hydrogens (tertiary/aromatic N) is 3. The Morgan fingerprint density at radius 1 is 1.26 bits per heavy atom. The number of amides is 1. The molecule has 0 radical (unpaired) electrons. The summed E-state index contributed by atoms with van der Waals surface area (Å²) in [7, 11) is 0. The van der Waals surface area contributed by atoms with Gasteiger partial charge >= 0.3 is 0 Å². The van der Waals surface area contributed by atoms with Crippen LogP contribution in [0.1, 0.15) is 35.4 Å². The highest BCUT2D eigenvalue weighted by molar-refractivity contribution is 5.92. The predicted molar refractivity (Wildman–Crippen MR) is 103 cm³/mol. The summed E-state index contributed by atoms with van der Waals surface area (Å²) in [4.78, 5) is 16.8. The molecule has 0 aliphatic heterocycles. The van der Waals surface area contributed by atoms with E-state index in [1.165, 1.54) is 12.8 Å². The van der Waals surface area contributed by atoms with Crippen LogP contribution in [-0.4, -0.2) is 32.2 Å². The third-order valence-corrected chi connectivity index (χ3v) is 5.95. The first kappa shape index (κ1) is 16.3. The van der Waals surface area contributed by atoms with Crippen LogP contribution in [0.15, 0.2) is 48.8 Å². The first-order chi connectivity index (χ1) is 13.3. The van der Waals surface area contributed by atoms with Gasteiger partial charge in [0.2, 0.25) is 0 Å². The minimum Gasteiger partial charge on any atom is -0.351 e.